The Morgan fingerprint density at radius 3 is 2.47 bits per heavy atom. The lowest BCUT2D eigenvalue weighted by atomic mass is 9.69. The molecule has 0 saturated carbocycles. The molecule has 158 valence electrons. The second kappa shape index (κ2) is 8.18. The molecule has 3 unspecified atom stereocenters. The van der Waals surface area contributed by atoms with E-state index in [1.165, 1.54) is 0 Å². The Hall–Kier alpha value is -2.74. The van der Waals surface area contributed by atoms with Crippen molar-refractivity contribution in [3.8, 4) is 0 Å². The summed E-state index contributed by atoms with van der Waals surface area (Å²) >= 11 is 0. The van der Waals surface area contributed by atoms with Crippen molar-refractivity contribution >= 4 is 11.9 Å². The molecule has 30 heavy (non-hydrogen) atoms. The molecule has 7 nitrogen and oxygen atoms in total. The summed E-state index contributed by atoms with van der Waals surface area (Å²) < 4.78 is 5.35. The first-order valence-electron chi connectivity index (χ1n) is 10.1. The number of esters is 1. The zero-order valence-electron chi connectivity index (χ0n) is 16.8. The molecule has 2 fully saturated rings. The minimum atomic E-state index is -1.88. The van der Waals surface area contributed by atoms with Crippen molar-refractivity contribution in [1.82, 2.24) is 4.90 Å². The number of benzene rings is 2. The number of ether oxygens (including phenoxy) is 1. The predicted octanol–water partition coefficient (Wildman–Crippen LogP) is 2.86. The first-order valence-corrected chi connectivity index (χ1v) is 10.1. The molecule has 2 aromatic carbocycles. The molecular formula is C23H25NO6. The molecule has 2 heterocycles. The maximum Gasteiger partial charge on any atom is 0.319 e. The zero-order valence-corrected chi connectivity index (χ0v) is 16.8. The van der Waals surface area contributed by atoms with Gasteiger partial charge in [0, 0.05) is 31.5 Å². The van der Waals surface area contributed by atoms with Gasteiger partial charge in [0.1, 0.15) is 11.5 Å². The van der Waals surface area contributed by atoms with Crippen LogP contribution in [0.1, 0.15) is 41.8 Å². The smallest absolute Gasteiger partial charge is 0.319 e. The van der Waals surface area contributed by atoms with Crippen LogP contribution in [0.3, 0.4) is 0 Å². The number of carbonyl (C=O) groups excluding carboxylic acids is 2. The van der Waals surface area contributed by atoms with Gasteiger partial charge in [-0.2, -0.15) is 4.89 Å². The number of piperidine rings is 1. The van der Waals surface area contributed by atoms with Crippen molar-refractivity contribution in [2.45, 2.75) is 31.7 Å². The van der Waals surface area contributed by atoms with E-state index >= 15 is 0 Å². The fourth-order valence-corrected chi connectivity index (χ4v) is 4.24. The molecular weight excluding hydrogens is 386 g/mol. The number of likely N-dealkylation sites (tertiary alicyclic amines) is 1. The largest absolute Gasteiger partial charge is 0.465 e. The summed E-state index contributed by atoms with van der Waals surface area (Å²) in [6.45, 7) is 2.06. The Balaban J connectivity index is 1.69. The van der Waals surface area contributed by atoms with Gasteiger partial charge < -0.3 is 14.7 Å². The molecule has 2 aromatic rings. The maximum atomic E-state index is 13.2. The molecule has 0 bridgehead atoms. The summed E-state index contributed by atoms with van der Waals surface area (Å²) in [5, 5.41) is 11.3. The van der Waals surface area contributed by atoms with Crippen LogP contribution in [0, 0.1) is 5.41 Å². The number of rotatable bonds is 4. The number of aliphatic hydroxyl groups is 1. The van der Waals surface area contributed by atoms with E-state index in [0.717, 1.165) is 5.56 Å². The summed E-state index contributed by atoms with van der Waals surface area (Å²) in [5.74, 6) is -2.68. The van der Waals surface area contributed by atoms with Crippen LogP contribution in [0.2, 0.25) is 0 Å². The molecule has 1 amide bonds. The maximum absolute atomic E-state index is 13.2. The van der Waals surface area contributed by atoms with Crippen LogP contribution >= 0.6 is 0 Å². The van der Waals surface area contributed by atoms with Crippen LogP contribution in [0.4, 0.5) is 0 Å². The number of carbonyl (C=O) groups is 2. The van der Waals surface area contributed by atoms with Gasteiger partial charge in [-0.05, 0) is 24.6 Å². The van der Waals surface area contributed by atoms with Gasteiger partial charge in [-0.25, -0.2) is 4.89 Å². The molecule has 0 aromatic heterocycles. The van der Waals surface area contributed by atoms with E-state index in [-0.39, 0.29) is 38.4 Å². The molecule has 2 aliphatic rings. The Bertz CT molecular complexity index is 904. The van der Waals surface area contributed by atoms with Crippen LogP contribution in [0.15, 0.2) is 60.7 Å². The highest BCUT2D eigenvalue weighted by molar-refractivity contribution is 5.95. The van der Waals surface area contributed by atoms with Crippen LogP contribution in [0.25, 0.3) is 0 Å². The lowest BCUT2D eigenvalue weighted by Crippen LogP contribution is -2.68. The van der Waals surface area contributed by atoms with Gasteiger partial charge in [0.2, 0.25) is 5.79 Å². The van der Waals surface area contributed by atoms with Crippen molar-refractivity contribution in [1.29, 1.82) is 0 Å². The molecule has 2 saturated heterocycles. The number of amides is 1. The Morgan fingerprint density at radius 2 is 1.80 bits per heavy atom. The number of hydrogen-bond acceptors (Lipinski definition) is 6. The van der Waals surface area contributed by atoms with Crippen LogP contribution in [0.5, 0.6) is 0 Å². The third-order valence-corrected chi connectivity index (χ3v) is 5.91. The van der Waals surface area contributed by atoms with Crippen LogP contribution in [-0.2, 0) is 19.3 Å². The highest BCUT2D eigenvalue weighted by atomic mass is 17.2. The minimum absolute atomic E-state index is 0.0250. The van der Waals surface area contributed by atoms with Crippen molar-refractivity contribution in [2.24, 2.45) is 5.41 Å². The molecule has 7 heteroatoms. The number of nitrogens with zero attached hydrogens (tertiary/aromatic N) is 1. The van der Waals surface area contributed by atoms with E-state index < -0.39 is 23.3 Å². The summed E-state index contributed by atoms with van der Waals surface area (Å²) in [5.41, 5.74) is -0.131. The van der Waals surface area contributed by atoms with E-state index in [1.807, 2.05) is 36.4 Å². The average molecular weight is 411 g/mol. The van der Waals surface area contributed by atoms with Gasteiger partial charge in [0.25, 0.3) is 5.91 Å². The topological polar surface area (TPSA) is 85.3 Å². The highest BCUT2D eigenvalue weighted by Crippen LogP contribution is 2.52. The monoisotopic (exact) mass is 411 g/mol. The lowest BCUT2D eigenvalue weighted by Gasteiger charge is -2.53. The third kappa shape index (κ3) is 3.49. The Kier molecular flexibility index (Phi) is 5.60. The molecule has 1 N–H and O–H groups in total. The van der Waals surface area contributed by atoms with E-state index in [1.54, 1.807) is 36.1 Å². The third-order valence-electron chi connectivity index (χ3n) is 5.91. The predicted molar refractivity (Wildman–Crippen MR) is 107 cm³/mol. The Morgan fingerprint density at radius 1 is 1.13 bits per heavy atom. The van der Waals surface area contributed by atoms with Gasteiger partial charge in [-0.1, -0.05) is 48.5 Å². The van der Waals surface area contributed by atoms with Crippen molar-refractivity contribution in [2.75, 3.05) is 19.7 Å². The van der Waals surface area contributed by atoms with E-state index in [4.69, 9.17) is 14.5 Å². The van der Waals surface area contributed by atoms with Gasteiger partial charge in [-0.3, -0.25) is 9.59 Å². The molecule has 0 radical (unpaired) electrons. The average Bonchev–Trinajstić information content (AvgIpc) is 2.79. The van der Waals surface area contributed by atoms with Crippen molar-refractivity contribution < 1.29 is 29.2 Å². The van der Waals surface area contributed by atoms with Crippen LogP contribution < -0.4 is 0 Å². The van der Waals surface area contributed by atoms with E-state index in [2.05, 4.69) is 0 Å². The second-order valence-electron chi connectivity index (χ2n) is 7.71. The zero-order chi connectivity index (χ0) is 21.2. The fourth-order valence-electron chi connectivity index (χ4n) is 4.24. The van der Waals surface area contributed by atoms with Crippen molar-refractivity contribution in [3.05, 3.63) is 71.8 Å². The van der Waals surface area contributed by atoms with Crippen LogP contribution in [-0.4, -0.2) is 47.4 Å². The van der Waals surface area contributed by atoms with Gasteiger partial charge in [-0.15, -0.1) is 0 Å². The summed E-state index contributed by atoms with van der Waals surface area (Å²) in [4.78, 5) is 38.8. The number of hydrogen-bond donors (Lipinski definition) is 1. The normalized spacial score (nSPS) is 28.5. The summed E-state index contributed by atoms with van der Waals surface area (Å²) in [6, 6.07) is 18.2. The second-order valence-corrected chi connectivity index (χ2v) is 7.71. The molecule has 0 aliphatic carbocycles. The quantitative estimate of drug-likeness (QED) is 0.615. The first kappa shape index (κ1) is 20.5. The summed E-state index contributed by atoms with van der Waals surface area (Å²) in [6.07, 6.45) is -0.417. The fraction of sp³-hybridized carbons (Fsp3) is 0.391. The summed E-state index contributed by atoms with van der Waals surface area (Å²) in [7, 11) is 0. The highest BCUT2D eigenvalue weighted by Gasteiger charge is 2.66. The molecule has 3 atom stereocenters. The first-order chi connectivity index (χ1) is 14.5. The lowest BCUT2D eigenvalue weighted by molar-refractivity contribution is -0.498. The molecule has 4 rings (SSSR count). The molecule has 0 spiro atoms. The van der Waals surface area contributed by atoms with Gasteiger partial charge in [0.15, 0.2) is 0 Å². The van der Waals surface area contributed by atoms with Gasteiger partial charge >= 0.3 is 5.97 Å². The standard InChI is InChI=1S/C23H25NO6/c1-2-28-21(26)22-15-19(17-9-5-3-6-10-17)29-30-23(22,27)13-14-24(16-22)20(25)18-11-7-4-8-12-18/h3-12,19,27H,2,13-16H2,1H3. The number of fused-ring (bicyclic) bond motifs is 1. The van der Waals surface area contributed by atoms with Crippen molar-refractivity contribution in [3.63, 3.8) is 0 Å². The van der Waals surface area contributed by atoms with Gasteiger partial charge in [0.05, 0.1) is 6.61 Å². The Labute approximate surface area is 175 Å². The molecule has 2 aliphatic heterocycles. The van der Waals surface area contributed by atoms with E-state index in [9.17, 15) is 14.7 Å². The van der Waals surface area contributed by atoms with E-state index in [0.29, 0.717) is 5.56 Å². The minimum Gasteiger partial charge on any atom is -0.465 e. The SMILES string of the molecule is CCOC(=O)C12CC(c3ccccc3)OOC1(O)CCN(C(=O)c1ccccc1)C2.